The van der Waals surface area contributed by atoms with E-state index in [-0.39, 0.29) is 37.9 Å². The Balaban J connectivity index is 2.19. The summed E-state index contributed by atoms with van der Waals surface area (Å²) in [4.78, 5) is 14.4. The summed E-state index contributed by atoms with van der Waals surface area (Å²) in [7, 11) is -3.59. The molecule has 0 fully saturated rings. The molecule has 3 N–H and O–H groups in total. The first-order chi connectivity index (χ1) is 19.2. The third-order valence-electron chi connectivity index (χ3n) is 6.90. The van der Waals surface area contributed by atoms with Crippen molar-refractivity contribution < 1.29 is 40.3 Å². The van der Waals surface area contributed by atoms with E-state index in [1.807, 2.05) is 13.8 Å². The van der Waals surface area contributed by atoms with Crippen molar-refractivity contribution in [1.29, 1.82) is 0 Å². The number of rotatable bonds is 16. The van der Waals surface area contributed by atoms with Crippen LogP contribution < -0.4 is 5.73 Å². The van der Waals surface area contributed by atoms with Crippen molar-refractivity contribution in [1.82, 2.24) is 4.90 Å². The Morgan fingerprint density at radius 3 is 2.17 bits per heavy atom. The molecular formula is C29H39F5N2O4S. The van der Waals surface area contributed by atoms with Gasteiger partial charge < -0.3 is 15.7 Å². The first-order valence-corrected chi connectivity index (χ1v) is 15.4. The van der Waals surface area contributed by atoms with Crippen LogP contribution in [-0.4, -0.2) is 60.6 Å². The third-order valence-corrected chi connectivity index (χ3v) is 9.16. The van der Waals surface area contributed by atoms with Gasteiger partial charge in [-0.1, -0.05) is 44.9 Å². The molecule has 0 aromatic heterocycles. The van der Waals surface area contributed by atoms with Crippen LogP contribution in [0.3, 0.4) is 0 Å². The molecule has 2 atom stereocenters. The number of nitrogens with zero attached hydrogens (tertiary/aromatic N) is 1. The van der Waals surface area contributed by atoms with Gasteiger partial charge in [-0.05, 0) is 55.0 Å². The number of nitrogens with two attached hydrogens (primary N) is 1. The third kappa shape index (κ3) is 11.3. The highest BCUT2D eigenvalue weighted by molar-refractivity contribution is 7.92. The molecule has 0 bridgehead atoms. The summed E-state index contributed by atoms with van der Waals surface area (Å²) in [5.41, 5.74) is 5.71. The molecule has 0 aliphatic carbocycles. The van der Waals surface area contributed by atoms with Crippen LogP contribution in [0.4, 0.5) is 22.0 Å². The Morgan fingerprint density at radius 2 is 1.61 bits per heavy atom. The van der Waals surface area contributed by atoms with Crippen molar-refractivity contribution in [3.63, 3.8) is 0 Å². The lowest BCUT2D eigenvalue weighted by molar-refractivity contribution is -0.137. The number of halogens is 5. The van der Waals surface area contributed by atoms with Crippen LogP contribution in [0.5, 0.6) is 0 Å². The highest BCUT2D eigenvalue weighted by Gasteiger charge is 2.31. The van der Waals surface area contributed by atoms with Crippen molar-refractivity contribution in [2.75, 3.05) is 18.8 Å². The summed E-state index contributed by atoms with van der Waals surface area (Å²) >= 11 is 0. The maximum atomic E-state index is 13.6. The Labute approximate surface area is 238 Å². The SMILES string of the molecule is CCCC(CCC)S(=O)(=O)CCC(=O)N(CCc1cccc(C(F)(F)F)c1)C[C@@H](O)[C@@H](N)Cc1cc(F)cc(F)c1. The maximum Gasteiger partial charge on any atom is 0.416 e. The van der Waals surface area contributed by atoms with E-state index in [0.717, 1.165) is 24.3 Å². The molecule has 0 heterocycles. The molecule has 2 rings (SSSR count). The zero-order valence-electron chi connectivity index (χ0n) is 23.3. The number of aliphatic hydroxyl groups is 1. The van der Waals surface area contributed by atoms with Gasteiger partial charge in [-0.25, -0.2) is 17.2 Å². The quantitative estimate of drug-likeness (QED) is 0.260. The molecule has 0 spiro atoms. The molecule has 2 aromatic rings. The summed E-state index contributed by atoms with van der Waals surface area (Å²) in [5, 5.41) is 10.2. The Kier molecular flexibility index (Phi) is 13.2. The molecule has 0 saturated carbocycles. The van der Waals surface area contributed by atoms with Gasteiger partial charge >= 0.3 is 6.18 Å². The Morgan fingerprint density at radius 1 is 1.00 bits per heavy atom. The number of sulfone groups is 1. The smallest absolute Gasteiger partial charge is 0.390 e. The van der Waals surface area contributed by atoms with Crippen LogP contribution in [0.25, 0.3) is 0 Å². The minimum absolute atomic E-state index is 0.00771. The van der Waals surface area contributed by atoms with Gasteiger partial charge in [-0.3, -0.25) is 4.79 Å². The predicted octanol–water partition coefficient (Wildman–Crippen LogP) is 5.06. The highest BCUT2D eigenvalue weighted by atomic mass is 32.2. The minimum atomic E-state index is -4.55. The molecule has 2 aromatic carbocycles. The zero-order chi connectivity index (χ0) is 30.8. The van der Waals surface area contributed by atoms with E-state index in [4.69, 9.17) is 5.73 Å². The van der Waals surface area contributed by atoms with Crippen LogP contribution >= 0.6 is 0 Å². The average Bonchev–Trinajstić information content (AvgIpc) is 2.88. The van der Waals surface area contributed by atoms with Gasteiger partial charge in [0.15, 0.2) is 9.84 Å². The Bertz CT molecular complexity index is 1210. The van der Waals surface area contributed by atoms with E-state index in [1.54, 1.807) is 0 Å². The molecule has 0 aliphatic rings. The number of hydrogen-bond donors (Lipinski definition) is 2. The van der Waals surface area contributed by atoms with Crippen molar-refractivity contribution in [2.24, 2.45) is 5.73 Å². The van der Waals surface area contributed by atoms with Crippen LogP contribution in [0.15, 0.2) is 42.5 Å². The number of carbonyl (C=O) groups is 1. The summed E-state index contributed by atoms with van der Waals surface area (Å²) in [6, 6.07) is 6.41. The molecule has 0 radical (unpaired) electrons. The first-order valence-electron chi connectivity index (χ1n) is 13.7. The molecule has 0 unspecified atom stereocenters. The van der Waals surface area contributed by atoms with Crippen LogP contribution in [-0.2, 0) is 33.6 Å². The molecule has 6 nitrogen and oxygen atoms in total. The van der Waals surface area contributed by atoms with Gasteiger partial charge in [0.25, 0.3) is 0 Å². The lowest BCUT2D eigenvalue weighted by atomic mass is 10.0. The standard InChI is InChI=1S/C29H39F5N2O4S/c1-3-6-25(7-4-2)41(39,40)13-11-28(38)36(12-10-20-8-5-9-22(14-20)29(32,33)34)19-27(37)26(35)17-21-15-23(30)18-24(31)16-21/h5,8-9,14-16,18,25-27,37H,3-4,6-7,10-13,17,19,35H2,1-2H3/t26-,27+/m0/s1. The number of amides is 1. The van der Waals surface area contributed by atoms with E-state index >= 15 is 0 Å². The zero-order valence-corrected chi connectivity index (χ0v) is 24.2. The second kappa shape index (κ2) is 15.6. The average molecular weight is 607 g/mol. The van der Waals surface area contributed by atoms with Gasteiger partial charge in [0, 0.05) is 31.6 Å². The second-order valence-corrected chi connectivity index (χ2v) is 12.7. The molecule has 1 amide bonds. The maximum absolute atomic E-state index is 13.6. The molecular weight excluding hydrogens is 567 g/mol. The molecule has 0 saturated heterocycles. The van der Waals surface area contributed by atoms with E-state index in [1.165, 1.54) is 17.0 Å². The summed E-state index contributed by atoms with van der Waals surface area (Å²) in [5.74, 6) is -2.63. The van der Waals surface area contributed by atoms with Crippen LogP contribution in [0.1, 0.15) is 62.6 Å². The molecule has 41 heavy (non-hydrogen) atoms. The summed E-state index contributed by atoms with van der Waals surface area (Å²) in [6.45, 7) is 3.31. The van der Waals surface area contributed by atoms with Gasteiger partial charge in [0.2, 0.25) is 5.91 Å². The fourth-order valence-corrected chi connectivity index (χ4v) is 6.67. The van der Waals surface area contributed by atoms with Gasteiger partial charge in [-0.15, -0.1) is 0 Å². The minimum Gasteiger partial charge on any atom is -0.390 e. The van der Waals surface area contributed by atoms with Gasteiger partial charge in [-0.2, -0.15) is 13.2 Å². The Hall–Kier alpha value is -2.57. The normalized spacial score (nSPS) is 13.8. The molecule has 230 valence electrons. The fraction of sp³-hybridized carbons (Fsp3) is 0.552. The van der Waals surface area contributed by atoms with Gasteiger partial charge in [0.05, 0.1) is 22.7 Å². The van der Waals surface area contributed by atoms with Crippen molar-refractivity contribution in [2.45, 2.75) is 82.4 Å². The predicted molar refractivity (Wildman–Crippen MR) is 148 cm³/mol. The largest absolute Gasteiger partial charge is 0.416 e. The lowest BCUT2D eigenvalue weighted by Crippen LogP contribution is -2.47. The van der Waals surface area contributed by atoms with Crippen molar-refractivity contribution in [3.8, 4) is 0 Å². The number of hydrogen-bond acceptors (Lipinski definition) is 5. The van der Waals surface area contributed by atoms with E-state index in [0.29, 0.717) is 37.3 Å². The number of alkyl halides is 3. The fourth-order valence-electron chi connectivity index (χ4n) is 4.68. The molecule has 0 aliphatic heterocycles. The highest BCUT2D eigenvalue weighted by Crippen LogP contribution is 2.29. The first kappa shape index (κ1) is 34.6. The number of benzene rings is 2. The van der Waals surface area contributed by atoms with Crippen molar-refractivity contribution >= 4 is 15.7 Å². The van der Waals surface area contributed by atoms with Crippen molar-refractivity contribution in [3.05, 3.63) is 70.8 Å². The summed E-state index contributed by atoms with van der Waals surface area (Å²) < 4.78 is 92.5. The number of carbonyl (C=O) groups excluding carboxylic acids is 1. The monoisotopic (exact) mass is 606 g/mol. The molecule has 12 heteroatoms. The van der Waals surface area contributed by atoms with E-state index in [9.17, 15) is 40.3 Å². The second-order valence-electron chi connectivity index (χ2n) is 10.3. The topological polar surface area (TPSA) is 101 Å². The number of aliphatic hydroxyl groups excluding tert-OH is 1. The van der Waals surface area contributed by atoms with Crippen LogP contribution in [0.2, 0.25) is 0 Å². The van der Waals surface area contributed by atoms with Gasteiger partial charge in [0.1, 0.15) is 11.6 Å². The summed E-state index contributed by atoms with van der Waals surface area (Å²) in [6.07, 6.45) is -4.12. The van der Waals surface area contributed by atoms with Crippen LogP contribution in [0, 0.1) is 11.6 Å². The lowest BCUT2D eigenvalue weighted by Gasteiger charge is -2.29. The van der Waals surface area contributed by atoms with E-state index in [2.05, 4.69) is 0 Å². The van der Waals surface area contributed by atoms with E-state index < -0.39 is 62.3 Å².